The van der Waals surface area contributed by atoms with E-state index < -0.39 is 6.04 Å². The second kappa shape index (κ2) is 9.86. The van der Waals surface area contributed by atoms with Crippen LogP contribution in [0, 0.1) is 11.7 Å². The van der Waals surface area contributed by atoms with E-state index in [9.17, 15) is 14.4 Å². The molecule has 4 rings (SSSR count). The normalized spacial score (nSPS) is 15.9. The van der Waals surface area contributed by atoms with Gasteiger partial charge in [0.05, 0.1) is 9.78 Å². The van der Waals surface area contributed by atoms with Crippen LogP contribution in [-0.2, 0) is 9.59 Å². The van der Waals surface area contributed by atoms with Crippen molar-refractivity contribution in [1.29, 1.82) is 0 Å². The Balaban J connectivity index is 1.38. The number of imide groups is 1. The smallest absolute Gasteiger partial charge is 0.293 e. The number of nitrogens with one attached hydrogen (secondary N) is 2. The van der Waals surface area contributed by atoms with Gasteiger partial charge in [-0.25, -0.2) is 0 Å². The Hall–Kier alpha value is -3.02. The van der Waals surface area contributed by atoms with E-state index in [1.807, 2.05) is 48.7 Å². The summed E-state index contributed by atoms with van der Waals surface area (Å²) in [6.45, 7) is 3.93. The number of H-pyrrole nitrogens is 1. The molecule has 1 saturated heterocycles. The van der Waals surface area contributed by atoms with Crippen molar-refractivity contribution in [3.8, 4) is 10.7 Å². The van der Waals surface area contributed by atoms with Crippen LogP contribution in [0.25, 0.3) is 16.8 Å². The Labute approximate surface area is 203 Å². The lowest BCUT2D eigenvalue weighted by atomic mass is 10.1. The Morgan fingerprint density at radius 1 is 1.27 bits per heavy atom. The number of nitrogens with zero attached hydrogens (tertiary/aromatic N) is 3. The maximum atomic E-state index is 12.8. The highest BCUT2D eigenvalue weighted by molar-refractivity contribution is 8.18. The molecular weight excluding hydrogens is 478 g/mol. The molecule has 2 N–H and O–H groups in total. The minimum atomic E-state index is -0.621. The van der Waals surface area contributed by atoms with Crippen LogP contribution >= 0.6 is 35.3 Å². The summed E-state index contributed by atoms with van der Waals surface area (Å²) < 4.78 is 1.99. The molecule has 33 heavy (non-hydrogen) atoms. The molecule has 170 valence electrons. The van der Waals surface area contributed by atoms with Gasteiger partial charge in [0.2, 0.25) is 5.91 Å². The van der Waals surface area contributed by atoms with Crippen LogP contribution in [0.4, 0.5) is 4.79 Å². The van der Waals surface area contributed by atoms with Crippen LogP contribution in [0.1, 0.15) is 24.1 Å². The average Bonchev–Trinajstić information content (AvgIpc) is 3.51. The fraction of sp³-hybridized carbons (Fsp3) is 0.227. The first kappa shape index (κ1) is 23.1. The van der Waals surface area contributed by atoms with E-state index in [0.29, 0.717) is 15.5 Å². The summed E-state index contributed by atoms with van der Waals surface area (Å²) in [6.07, 6.45) is 1.71. The second-order valence-corrected chi connectivity index (χ2v) is 9.74. The van der Waals surface area contributed by atoms with Crippen LogP contribution in [0.3, 0.4) is 0 Å². The number of thioether (sulfide) groups is 1. The third-order valence-electron chi connectivity index (χ3n) is 5.10. The Morgan fingerprint density at radius 3 is 2.73 bits per heavy atom. The molecule has 0 spiro atoms. The van der Waals surface area contributed by atoms with Crippen LogP contribution < -0.4 is 5.32 Å². The van der Waals surface area contributed by atoms with Crippen molar-refractivity contribution in [2.75, 3.05) is 13.1 Å². The van der Waals surface area contributed by atoms with E-state index in [2.05, 4.69) is 15.5 Å². The van der Waals surface area contributed by atoms with Gasteiger partial charge in [0, 0.05) is 13.1 Å². The fourth-order valence-electron chi connectivity index (χ4n) is 3.31. The maximum absolute atomic E-state index is 12.8. The summed E-state index contributed by atoms with van der Waals surface area (Å²) in [6, 6.07) is 10.9. The Kier molecular flexibility index (Phi) is 6.91. The van der Waals surface area contributed by atoms with Gasteiger partial charge in [-0.2, -0.15) is 5.10 Å². The number of aryl methyl sites for hydroxylation is 1. The van der Waals surface area contributed by atoms with Crippen molar-refractivity contribution >= 4 is 58.4 Å². The molecule has 11 heteroatoms. The molecular formula is C22H21N5O3S3. The monoisotopic (exact) mass is 499 g/mol. The number of rotatable bonds is 7. The number of aromatic amines is 1. The van der Waals surface area contributed by atoms with E-state index in [1.54, 1.807) is 17.6 Å². The summed E-state index contributed by atoms with van der Waals surface area (Å²) in [4.78, 5) is 40.2. The van der Waals surface area contributed by atoms with Gasteiger partial charge in [-0.15, -0.1) is 11.3 Å². The molecule has 0 aliphatic carbocycles. The predicted octanol–water partition coefficient (Wildman–Crippen LogP) is 4.39. The van der Waals surface area contributed by atoms with E-state index in [-0.39, 0.29) is 30.1 Å². The highest BCUT2D eigenvalue weighted by atomic mass is 32.2. The molecule has 1 aliphatic heterocycles. The van der Waals surface area contributed by atoms with Crippen LogP contribution in [0.15, 0.2) is 46.7 Å². The highest BCUT2D eigenvalue weighted by Crippen LogP contribution is 2.32. The molecule has 2 aromatic heterocycles. The van der Waals surface area contributed by atoms with Gasteiger partial charge in [-0.3, -0.25) is 28.9 Å². The summed E-state index contributed by atoms with van der Waals surface area (Å²) in [7, 11) is 0. The zero-order valence-corrected chi connectivity index (χ0v) is 20.4. The summed E-state index contributed by atoms with van der Waals surface area (Å²) in [5.41, 5.74) is 1.97. The highest BCUT2D eigenvalue weighted by Gasteiger charge is 2.34. The van der Waals surface area contributed by atoms with Crippen molar-refractivity contribution < 1.29 is 14.4 Å². The summed E-state index contributed by atoms with van der Waals surface area (Å²) >= 11 is 7.71. The number of thiophene rings is 1. The zero-order chi connectivity index (χ0) is 23.5. The third kappa shape index (κ3) is 5.00. The number of hydrogen-bond donors (Lipinski definition) is 2. The van der Waals surface area contributed by atoms with Crippen molar-refractivity contribution in [1.82, 2.24) is 25.0 Å². The van der Waals surface area contributed by atoms with Crippen molar-refractivity contribution in [3.63, 3.8) is 0 Å². The maximum Gasteiger partial charge on any atom is 0.293 e. The third-order valence-corrected chi connectivity index (χ3v) is 7.16. The zero-order valence-electron chi connectivity index (χ0n) is 17.9. The SMILES string of the molecule is Cc1ccc(/C=C2/SC(=O)N(CCNC(=O)C(C)n3c(-c4cccs4)n[nH]c3=S)C2=O)cc1. The Bertz CT molecular complexity index is 1280. The minimum absolute atomic E-state index is 0.0862. The average molecular weight is 500 g/mol. The number of carbonyl (C=O) groups excluding carboxylic acids is 3. The number of aromatic nitrogens is 3. The first-order chi connectivity index (χ1) is 15.8. The van der Waals surface area contributed by atoms with E-state index in [0.717, 1.165) is 32.7 Å². The second-order valence-electron chi connectivity index (χ2n) is 7.41. The van der Waals surface area contributed by atoms with Crippen LogP contribution in [0.5, 0.6) is 0 Å². The first-order valence-corrected chi connectivity index (χ1v) is 12.3. The molecule has 1 aliphatic rings. The fourth-order valence-corrected chi connectivity index (χ4v) is 5.17. The number of carbonyl (C=O) groups is 3. The lowest BCUT2D eigenvalue weighted by Crippen LogP contribution is -2.39. The number of amides is 3. The summed E-state index contributed by atoms with van der Waals surface area (Å²) in [5.74, 6) is -0.0535. The number of benzene rings is 1. The van der Waals surface area contributed by atoms with Gasteiger partial charge in [0.25, 0.3) is 11.1 Å². The number of hydrogen-bond acceptors (Lipinski definition) is 7. The van der Waals surface area contributed by atoms with Crippen molar-refractivity contribution in [3.05, 3.63) is 62.6 Å². The molecule has 1 aromatic carbocycles. The lowest BCUT2D eigenvalue weighted by Gasteiger charge is -2.17. The molecule has 1 unspecified atom stereocenters. The van der Waals surface area contributed by atoms with E-state index in [4.69, 9.17) is 12.2 Å². The van der Waals surface area contributed by atoms with Crippen molar-refractivity contribution in [2.24, 2.45) is 0 Å². The van der Waals surface area contributed by atoms with Crippen LogP contribution in [0.2, 0.25) is 0 Å². The molecule has 0 bridgehead atoms. The quantitative estimate of drug-likeness (QED) is 0.369. The summed E-state index contributed by atoms with van der Waals surface area (Å²) in [5, 5.41) is 11.3. The van der Waals surface area contributed by atoms with Gasteiger partial charge in [-0.05, 0) is 60.9 Å². The van der Waals surface area contributed by atoms with Gasteiger partial charge in [-0.1, -0.05) is 35.9 Å². The standard InChI is InChI=1S/C22H21N5O3S3/c1-13-5-7-15(8-6-13)12-17-20(29)26(22(30)33-17)10-9-23-19(28)14(2)27-18(24-25-21(27)31)16-4-3-11-32-16/h3-8,11-12,14H,9-10H2,1-2H3,(H,23,28)(H,25,31)/b17-12+. The molecule has 3 aromatic rings. The largest absolute Gasteiger partial charge is 0.353 e. The molecule has 8 nitrogen and oxygen atoms in total. The van der Waals surface area contributed by atoms with Crippen LogP contribution in [-0.4, -0.2) is 49.8 Å². The molecule has 0 saturated carbocycles. The van der Waals surface area contributed by atoms with Gasteiger partial charge in [0.15, 0.2) is 10.6 Å². The van der Waals surface area contributed by atoms with Gasteiger partial charge in [0.1, 0.15) is 6.04 Å². The van der Waals surface area contributed by atoms with E-state index in [1.165, 1.54) is 11.3 Å². The molecule has 3 amide bonds. The van der Waals surface area contributed by atoms with Crippen molar-refractivity contribution in [2.45, 2.75) is 19.9 Å². The Morgan fingerprint density at radius 2 is 2.03 bits per heavy atom. The lowest BCUT2D eigenvalue weighted by molar-refractivity contribution is -0.125. The van der Waals surface area contributed by atoms with Gasteiger partial charge >= 0.3 is 0 Å². The minimum Gasteiger partial charge on any atom is -0.353 e. The molecule has 0 radical (unpaired) electrons. The topological polar surface area (TPSA) is 100 Å². The predicted molar refractivity (Wildman–Crippen MR) is 132 cm³/mol. The van der Waals surface area contributed by atoms with E-state index >= 15 is 0 Å². The van der Waals surface area contributed by atoms with Gasteiger partial charge < -0.3 is 5.32 Å². The molecule has 3 heterocycles. The molecule has 1 atom stereocenters. The first-order valence-electron chi connectivity index (χ1n) is 10.2. The molecule has 1 fully saturated rings.